The second-order valence-electron chi connectivity index (χ2n) is 1.88. The molecule has 54 valence electrons. The highest BCUT2D eigenvalue weighted by atomic mass is 32.2. The molecule has 0 unspecified atom stereocenters. The molecule has 0 saturated heterocycles. The first kappa shape index (κ1) is 7.14. The van der Waals surface area contributed by atoms with Gasteiger partial charge in [0, 0.05) is 18.6 Å². The summed E-state index contributed by atoms with van der Waals surface area (Å²) in [6, 6.07) is 1.62. The molecule has 0 aliphatic heterocycles. The Morgan fingerprint density at radius 3 is 2.30 bits per heavy atom. The first-order valence-corrected chi connectivity index (χ1v) is 4.58. The molecule has 1 aromatic heterocycles. The van der Waals surface area contributed by atoms with Gasteiger partial charge in [-0.15, -0.1) is 0 Å². The molecule has 4 nitrogen and oxygen atoms in total. The van der Waals surface area contributed by atoms with Crippen LogP contribution in [-0.4, -0.2) is 20.4 Å². The zero-order valence-electron chi connectivity index (χ0n) is 5.44. The molecule has 1 aromatic rings. The van der Waals surface area contributed by atoms with Crippen LogP contribution in [0.25, 0.3) is 0 Å². The summed E-state index contributed by atoms with van der Waals surface area (Å²) in [4.78, 5) is 7.35. The third-order valence-corrected chi connectivity index (χ3v) is 1.80. The van der Waals surface area contributed by atoms with Gasteiger partial charge in [-0.3, -0.25) is 0 Å². The normalized spacial score (nSPS) is 16.1. The summed E-state index contributed by atoms with van der Waals surface area (Å²) < 4.78 is 18.0. The van der Waals surface area contributed by atoms with E-state index in [0.29, 0.717) is 0 Å². The first-order chi connectivity index (χ1) is 4.61. The fourth-order valence-electron chi connectivity index (χ4n) is 0.487. The van der Waals surface area contributed by atoms with Crippen molar-refractivity contribution < 1.29 is 4.21 Å². The van der Waals surface area contributed by atoms with Gasteiger partial charge in [-0.1, -0.05) is 0 Å². The van der Waals surface area contributed by atoms with Crippen molar-refractivity contribution in [2.75, 3.05) is 6.26 Å². The van der Waals surface area contributed by atoms with E-state index < -0.39 is 9.73 Å². The lowest BCUT2D eigenvalue weighted by atomic mass is 10.7. The minimum atomic E-state index is -2.73. The summed E-state index contributed by atoms with van der Waals surface area (Å²) in [5.74, 6) is 0. The molecule has 5 heteroatoms. The highest BCUT2D eigenvalue weighted by Crippen LogP contribution is 1.97. The first-order valence-electron chi connectivity index (χ1n) is 2.61. The van der Waals surface area contributed by atoms with Gasteiger partial charge in [-0.25, -0.2) is 19.0 Å². The third-order valence-electron chi connectivity index (χ3n) is 0.890. The molecule has 0 amide bonds. The molecule has 1 atom stereocenters. The van der Waals surface area contributed by atoms with Crippen LogP contribution in [0.5, 0.6) is 0 Å². The highest BCUT2D eigenvalue weighted by Gasteiger charge is 2.02. The average molecular weight is 157 g/mol. The second kappa shape index (κ2) is 2.34. The van der Waals surface area contributed by atoms with E-state index in [0.717, 1.165) is 0 Å². The van der Waals surface area contributed by atoms with E-state index in [2.05, 4.69) is 9.97 Å². The maximum absolute atomic E-state index is 10.9. The second-order valence-corrected chi connectivity index (χ2v) is 3.93. The summed E-state index contributed by atoms with van der Waals surface area (Å²) in [6.45, 7) is 0. The number of hydrogen-bond acceptors (Lipinski definition) is 4. The number of aromatic nitrogens is 2. The molecule has 0 aliphatic carbocycles. The van der Waals surface area contributed by atoms with Crippen molar-refractivity contribution in [1.29, 1.82) is 4.78 Å². The Hall–Kier alpha value is -0.970. The van der Waals surface area contributed by atoms with Gasteiger partial charge < -0.3 is 0 Å². The van der Waals surface area contributed by atoms with Gasteiger partial charge in [0.05, 0.1) is 0 Å². The van der Waals surface area contributed by atoms with Crippen molar-refractivity contribution in [1.82, 2.24) is 9.97 Å². The molecule has 1 N–H and O–H groups in total. The van der Waals surface area contributed by atoms with Crippen LogP contribution in [0.2, 0.25) is 0 Å². The molecular formula is C5H7N3OS. The van der Waals surface area contributed by atoms with Gasteiger partial charge >= 0.3 is 0 Å². The van der Waals surface area contributed by atoms with Crippen molar-refractivity contribution in [3.63, 3.8) is 0 Å². The molecule has 0 aromatic carbocycles. The number of nitrogens with one attached hydrogen (secondary N) is 1. The molecule has 1 heterocycles. The van der Waals surface area contributed by atoms with E-state index >= 15 is 0 Å². The standard InChI is InChI=1S/C5H7N3OS/c1-10(6,9)5-7-3-2-4-8-5/h2-4,6H,1H3/t10-/m1/s1. The van der Waals surface area contributed by atoms with Gasteiger partial charge in [-0.05, 0) is 6.07 Å². The largest absolute Gasteiger partial charge is 0.246 e. The van der Waals surface area contributed by atoms with Gasteiger partial charge in [-0.2, -0.15) is 0 Å². The van der Waals surface area contributed by atoms with Crippen molar-refractivity contribution in [3.8, 4) is 0 Å². The minimum Gasteiger partial charge on any atom is -0.246 e. The lowest BCUT2D eigenvalue weighted by Crippen LogP contribution is -2.00. The Balaban J connectivity index is 3.22. The Bertz CT molecular complexity index is 305. The summed E-state index contributed by atoms with van der Waals surface area (Å²) in [7, 11) is -2.73. The van der Waals surface area contributed by atoms with E-state index in [-0.39, 0.29) is 5.16 Å². The zero-order valence-corrected chi connectivity index (χ0v) is 6.26. The van der Waals surface area contributed by atoms with Crippen LogP contribution >= 0.6 is 0 Å². The van der Waals surface area contributed by atoms with Gasteiger partial charge in [0.25, 0.3) is 0 Å². The van der Waals surface area contributed by atoms with Crippen molar-refractivity contribution >= 4 is 9.73 Å². The predicted molar refractivity (Wildman–Crippen MR) is 37.1 cm³/mol. The van der Waals surface area contributed by atoms with Crippen molar-refractivity contribution in [3.05, 3.63) is 18.5 Å². The van der Waals surface area contributed by atoms with Crippen LogP contribution in [0.1, 0.15) is 0 Å². The summed E-state index contributed by atoms with van der Waals surface area (Å²) in [6.07, 6.45) is 4.24. The number of rotatable bonds is 1. The summed E-state index contributed by atoms with van der Waals surface area (Å²) in [5, 5.41) is 0.0926. The van der Waals surface area contributed by atoms with Crippen LogP contribution in [-0.2, 0) is 9.73 Å². The number of hydrogen-bond donors (Lipinski definition) is 1. The zero-order chi connectivity index (χ0) is 7.61. The van der Waals surface area contributed by atoms with Crippen molar-refractivity contribution in [2.45, 2.75) is 5.16 Å². The fourth-order valence-corrected chi connectivity index (χ4v) is 1.01. The quantitative estimate of drug-likeness (QED) is 0.604. The number of nitrogens with zero attached hydrogens (tertiary/aromatic N) is 2. The SMILES string of the molecule is C[S@@](=N)(=O)c1ncccn1. The van der Waals surface area contributed by atoms with Crippen LogP contribution in [0.4, 0.5) is 0 Å². The maximum atomic E-state index is 10.9. The molecule has 0 bridgehead atoms. The molecular weight excluding hydrogens is 150 g/mol. The Morgan fingerprint density at radius 2 is 2.00 bits per heavy atom. The van der Waals surface area contributed by atoms with Gasteiger partial charge in [0.15, 0.2) is 0 Å². The van der Waals surface area contributed by atoms with E-state index in [4.69, 9.17) is 4.78 Å². The van der Waals surface area contributed by atoms with Crippen LogP contribution in [0.15, 0.2) is 23.6 Å². The minimum absolute atomic E-state index is 0.0926. The molecule has 1 rings (SSSR count). The molecule has 0 fully saturated rings. The van der Waals surface area contributed by atoms with E-state index in [9.17, 15) is 4.21 Å². The van der Waals surface area contributed by atoms with Crippen LogP contribution in [0.3, 0.4) is 0 Å². The Labute approximate surface area is 59.3 Å². The average Bonchev–Trinajstić information content (AvgIpc) is 1.88. The molecule has 0 saturated carbocycles. The van der Waals surface area contributed by atoms with Gasteiger partial charge in [0.2, 0.25) is 5.16 Å². The third kappa shape index (κ3) is 1.51. The van der Waals surface area contributed by atoms with Crippen LogP contribution in [0, 0.1) is 4.78 Å². The Kier molecular flexibility index (Phi) is 1.67. The fraction of sp³-hybridized carbons (Fsp3) is 0.200. The van der Waals surface area contributed by atoms with Crippen LogP contribution < -0.4 is 0 Å². The smallest absolute Gasteiger partial charge is 0.226 e. The van der Waals surface area contributed by atoms with E-state index in [1.165, 1.54) is 18.6 Å². The highest BCUT2D eigenvalue weighted by molar-refractivity contribution is 7.91. The molecule has 10 heavy (non-hydrogen) atoms. The van der Waals surface area contributed by atoms with Crippen molar-refractivity contribution in [2.24, 2.45) is 0 Å². The summed E-state index contributed by atoms with van der Waals surface area (Å²) >= 11 is 0. The topological polar surface area (TPSA) is 66.7 Å². The Morgan fingerprint density at radius 1 is 1.50 bits per heavy atom. The lowest BCUT2D eigenvalue weighted by Gasteiger charge is -1.94. The lowest BCUT2D eigenvalue weighted by molar-refractivity contribution is 0.671. The van der Waals surface area contributed by atoms with E-state index in [1.54, 1.807) is 6.07 Å². The maximum Gasteiger partial charge on any atom is 0.226 e. The molecule has 0 aliphatic rings. The monoisotopic (exact) mass is 157 g/mol. The van der Waals surface area contributed by atoms with Gasteiger partial charge in [0.1, 0.15) is 9.73 Å². The summed E-state index contributed by atoms with van der Waals surface area (Å²) in [5.41, 5.74) is 0. The predicted octanol–water partition coefficient (Wildman–Crippen LogP) is 0.512. The van der Waals surface area contributed by atoms with E-state index in [1.807, 2.05) is 0 Å². The molecule has 0 radical (unpaired) electrons. The molecule has 0 spiro atoms.